The van der Waals surface area contributed by atoms with Crippen molar-refractivity contribution in [1.82, 2.24) is 5.32 Å². The lowest BCUT2D eigenvalue weighted by Gasteiger charge is -2.35. The molecule has 110 valence electrons. The highest BCUT2D eigenvalue weighted by Gasteiger charge is 2.34. The van der Waals surface area contributed by atoms with Crippen molar-refractivity contribution in [3.05, 3.63) is 0 Å². The highest BCUT2D eigenvalue weighted by molar-refractivity contribution is 5.79. The van der Waals surface area contributed by atoms with Crippen molar-refractivity contribution in [2.45, 2.75) is 52.4 Å². The third-order valence-corrected chi connectivity index (χ3v) is 4.19. The lowest BCUT2D eigenvalue weighted by Crippen LogP contribution is -2.43. The number of carbonyl (C=O) groups excluding carboxylic acids is 1. The number of carbonyl (C=O) groups is 2. The minimum atomic E-state index is -0.932. The molecule has 0 aromatic heterocycles. The molecule has 1 aliphatic carbocycles. The highest BCUT2D eigenvalue weighted by atomic mass is 16.4. The van der Waals surface area contributed by atoms with Crippen LogP contribution in [0, 0.1) is 10.8 Å². The van der Waals surface area contributed by atoms with Gasteiger partial charge in [-0.1, -0.05) is 19.3 Å². The molecule has 0 radical (unpaired) electrons. The van der Waals surface area contributed by atoms with Gasteiger partial charge < -0.3 is 16.2 Å². The van der Waals surface area contributed by atoms with Crippen LogP contribution in [0.5, 0.6) is 0 Å². The number of hydrogen-bond donors (Lipinski definition) is 3. The van der Waals surface area contributed by atoms with Crippen LogP contribution in [-0.2, 0) is 9.59 Å². The molecule has 0 spiro atoms. The van der Waals surface area contributed by atoms with E-state index in [-0.39, 0.29) is 17.9 Å². The molecule has 5 heteroatoms. The van der Waals surface area contributed by atoms with Gasteiger partial charge in [-0.05, 0) is 38.6 Å². The van der Waals surface area contributed by atoms with Gasteiger partial charge in [-0.25, -0.2) is 0 Å². The molecule has 0 aromatic carbocycles. The third-order valence-electron chi connectivity index (χ3n) is 4.19. The van der Waals surface area contributed by atoms with Gasteiger partial charge in [0.05, 0.1) is 5.41 Å². The number of hydrogen-bond acceptors (Lipinski definition) is 3. The summed E-state index contributed by atoms with van der Waals surface area (Å²) >= 11 is 0. The second kappa shape index (κ2) is 6.37. The molecule has 0 saturated heterocycles. The monoisotopic (exact) mass is 270 g/mol. The number of rotatable bonds is 6. The van der Waals surface area contributed by atoms with Crippen molar-refractivity contribution < 1.29 is 14.7 Å². The Bertz CT molecular complexity index is 334. The molecule has 5 nitrogen and oxygen atoms in total. The first-order valence-corrected chi connectivity index (χ1v) is 7.01. The zero-order valence-electron chi connectivity index (χ0n) is 12.0. The molecule has 0 unspecified atom stereocenters. The van der Waals surface area contributed by atoms with Crippen LogP contribution in [0.15, 0.2) is 0 Å². The van der Waals surface area contributed by atoms with Crippen molar-refractivity contribution in [2.24, 2.45) is 16.6 Å². The maximum atomic E-state index is 12.0. The Hall–Kier alpha value is -1.10. The van der Waals surface area contributed by atoms with E-state index in [0.29, 0.717) is 13.0 Å². The highest BCUT2D eigenvalue weighted by Crippen LogP contribution is 2.38. The van der Waals surface area contributed by atoms with E-state index >= 15 is 0 Å². The lowest BCUT2D eigenvalue weighted by molar-refractivity contribution is -0.146. The zero-order chi connectivity index (χ0) is 14.5. The van der Waals surface area contributed by atoms with Crippen LogP contribution >= 0.6 is 0 Å². The Labute approximate surface area is 114 Å². The molecule has 0 heterocycles. The van der Waals surface area contributed by atoms with Crippen molar-refractivity contribution >= 4 is 11.9 Å². The van der Waals surface area contributed by atoms with Crippen LogP contribution in [0.2, 0.25) is 0 Å². The normalized spacial score (nSPS) is 18.9. The van der Waals surface area contributed by atoms with Gasteiger partial charge in [0.1, 0.15) is 0 Å². The summed E-state index contributed by atoms with van der Waals surface area (Å²) in [6.07, 6.45) is 5.89. The molecule has 1 amide bonds. The average molecular weight is 270 g/mol. The summed E-state index contributed by atoms with van der Waals surface area (Å²) in [5.41, 5.74) is 4.84. The molecule has 1 fully saturated rings. The van der Waals surface area contributed by atoms with Gasteiger partial charge in [-0.15, -0.1) is 0 Å². The molecule has 1 aliphatic rings. The van der Waals surface area contributed by atoms with E-state index in [1.807, 2.05) is 0 Å². The molecule has 4 N–H and O–H groups in total. The van der Waals surface area contributed by atoms with Gasteiger partial charge in [0, 0.05) is 13.0 Å². The second-order valence-electron chi connectivity index (χ2n) is 6.41. The first kappa shape index (κ1) is 16.0. The molecule has 1 rings (SSSR count). The van der Waals surface area contributed by atoms with Crippen LogP contribution in [0.1, 0.15) is 52.4 Å². The summed E-state index contributed by atoms with van der Waals surface area (Å²) in [6, 6.07) is 0. The third kappa shape index (κ3) is 4.49. The van der Waals surface area contributed by atoms with Crippen LogP contribution in [0.3, 0.4) is 0 Å². The Kier molecular flexibility index (Phi) is 5.35. The fraction of sp³-hybridized carbons (Fsp3) is 0.857. The molecular weight excluding hydrogens is 244 g/mol. The average Bonchev–Trinajstić information content (AvgIpc) is 2.37. The van der Waals surface area contributed by atoms with E-state index in [4.69, 9.17) is 10.8 Å². The molecule has 19 heavy (non-hydrogen) atoms. The van der Waals surface area contributed by atoms with Crippen LogP contribution < -0.4 is 11.1 Å². The Balaban J connectivity index is 2.48. The van der Waals surface area contributed by atoms with Crippen molar-refractivity contribution in [2.75, 3.05) is 13.1 Å². The maximum absolute atomic E-state index is 12.0. The van der Waals surface area contributed by atoms with E-state index in [1.165, 1.54) is 6.42 Å². The molecule has 1 saturated carbocycles. The van der Waals surface area contributed by atoms with E-state index in [1.54, 1.807) is 13.8 Å². The fourth-order valence-corrected chi connectivity index (χ4v) is 2.55. The summed E-state index contributed by atoms with van der Waals surface area (Å²) in [7, 11) is 0. The Morgan fingerprint density at radius 1 is 1.26 bits per heavy atom. The predicted molar refractivity (Wildman–Crippen MR) is 73.6 cm³/mol. The van der Waals surface area contributed by atoms with Crippen molar-refractivity contribution in [1.29, 1.82) is 0 Å². The first-order chi connectivity index (χ1) is 8.81. The Morgan fingerprint density at radius 2 is 1.84 bits per heavy atom. The quantitative estimate of drug-likeness (QED) is 0.682. The largest absolute Gasteiger partial charge is 0.481 e. The summed E-state index contributed by atoms with van der Waals surface area (Å²) in [5.74, 6) is -0.985. The summed E-state index contributed by atoms with van der Waals surface area (Å²) in [6.45, 7) is 3.90. The zero-order valence-corrected chi connectivity index (χ0v) is 12.0. The number of carboxylic acids is 1. The SMILES string of the molecule is CC(C)(CNC(=O)CC1(CN)CCCCC1)C(=O)O. The van der Waals surface area contributed by atoms with Crippen LogP contribution in [-0.4, -0.2) is 30.1 Å². The molecular formula is C14H26N2O3. The summed E-state index contributed by atoms with van der Waals surface area (Å²) in [5, 5.41) is 11.7. The first-order valence-electron chi connectivity index (χ1n) is 7.01. The van der Waals surface area contributed by atoms with Gasteiger partial charge in [0.25, 0.3) is 0 Å². The number of amides is 1. The van der Waals surface area contributed by atoms with E-state index in [0.717, 1.165) is 25.7 Å². The van der Waals surface area contributed by atoms with E-state index in [2.05, 4.69) is 5.32 Å². The summed E-state index contributed by atoms with van der Waals surface area (Å²) in [4.78, 5) is 23.0. The van der Waals surface area contributed by atoms with Crippen LogP contribution in [0.25, 0.3) is 0 Å². The predicted octanol–water partition coefficient (Wildman–Crippen LogP) is 1.51. The number of nitrogens with one attached hydrogen (secondary N) is 1. The minimum absolute atomic E-state index is 0.0737. The molecule has 0 atom stereocenters. The second-order valence-corrected chi connectivity index (χ2v) is 6.41. The minimum Gasteiger partial charge on any atom is -0.481 e. The van der Waals surface area contributed by atoms with Crippen LogP contribution in [0.4, 0.5) is 0 Å². The number of aliphatic carboxylic acids is 1. The standard InChI is InChI=1S/C14H26N2O3/c1-13(2,12(18)19)10-16-11(17)8-14(9-15)6-4-3-5-7-14/h3-10,15H2,1-2H3,(H,16,17)(H,18,19). The lowest BCUT2D eigenvalue weighted by atomic mass is 9.71. The van der Waals surface area contributed by atoms with Gasteiger partial charge in [0.2, 0.25) is 5.91 Å². The van der Waals surface area contributed by atoms with E-state index in [9.17, 15) is 9.59 Å². The molecule has 0 aromatic rings. The maximum Gasteiger partial charge on any atom is 0.310 e. The smallest absolute Gasteiger partial charge is 0.310 e. The molecule has 0 aliphatic heterocycles. The number of carboxylic acid groups (broad SMARTS) is 1. The number of nitrogens with two attached hydrogens (primary N) is 1. The van der Waals surface area contributed by atoms with Crippen molar-refractivity contribution in [3.63, 3.8) is 0 Å². The van der Waals surface area contributed by atoms with Gasteiger partial charge >= 0.3 is 5.97 Å². The van der Waals surface area contributed by atoms with E-state index < -0.39 is 11.4 Å². The summed E-state index contributed by atoms with van der Waals surface area (Å²) < 4.78 is 0. The topological polar surface area (TPSA) is 92.4 Å². The van der Waals surface area contributed by atoms with Gasteiger partial charge in [-0.3, -0.25) is 9.59 Å². The fourth-order valence-electron chi connectivity index (χ4n) is 2.55. The molecule has 0 bridgehead atoms. The van der Waals surface area contributed by atoms with Crippen molar-refractivity contribution in [3.8, 4) is 0 Å². The van der Waals surface area contributed by atoms with Gasteiger partial charge in [0.15, 0.2) is 0 Å². The van der Waals surface area contributed by atoms with Gasteiger partial charge in [-0.2, -0.15) is 0 Å². The Morgan fingerprint density at radius 3 is 2.32 bits per heavy atom.